The van der Waals surface area contributed by atoms with E-state index < -0.39 is 0 Å². The van der Waals surface area contributed by atoms with Gasteiger partial charge in [0.2, 0.25) is 0 Å². The fourth-order valence-corrected chi connectivity index (χ4v) is 2.87. The summed E-state index contributed by atoms with van der Waals surface area (Å²) in [5, 5.41) is 0.723. The SMILES string of the molecule is CCCCOCCC(CCl)(CCl)c1ccc(Cl)cc1. The van der Waals surface area contributed by atoms with E-state index in [0.29, 0.717) is 18.4 Å². The van der Waals surface area contributed by atoms with Crippen molar-refractivity contribution >= 4 is 34.8 Å². The number of halogens is 3. The van der Waals surface area contributed by atoms with Gasteiger partial charge in [0.1, 0.15) is 0 Å². The molecular weight excluding hydrogens is 303 g/mol. The Labute approximate surface area is 131 Å². The molecule has 0 fully saturated rings. The Morgan fingerprint density at radius 3 is 2.21 bits per heavy atom. The Hall–Kier alpha value is 0.0500. The normalized spacial score (nSPS) is 11.8. The Bertz CT molecular complexity index is 347. The molecule has 0 unspecified atom stereocenters. The summed E-state index contributed by atoms with van der Waals surface area (Å²) in [6, 6.07) is 7.75. The lowest BCUT2D eigenvalue weighted by atomic mass is 9.81. The van der Waals surface area contributed by atoms with Gasteiger partial charge >= 0.3 is 0 Å². The van der Waals surface area contributed by atoms with Crippen molar-refractivity contribution in [3.8, 4) is 0 Å². The second-order valence-electron chi connectivity index (χ2n) is 4.77. The zero-order chi connectivity index (χ0) is 14.1. The molecule has 0 saturated heterocycles. The van der Waals surface area contributed by atoms with Crippen molar-refractivity contribution in [2.24, 2.45) is 0 Å². The molecule has 0 aliphatic heterocycles. The molecule has 0 bridgehead atoms. The highest BCUT2D eigenvalue weighted by atomic mass is 35.5. The van der Waals surface area contributed by atoms with Crippen LogP contribution in [0.2, 0.25) is 5.02 Å². The molecular formula is C15H21Cl3O. The maximum Gasteiger partial charge on any atom is 0.0475 e. The second-order valence-corrected chi connectivity index (χ2v) is 5.74. The lowest BCUT2D eigenvalue weighted by Crippen LogP contribution is -2.32. The average Bonchev–Trinajstić information content (AvgIpc) is 2.45. The maximum atomic E-state index is 6.17. The van der Waals surface area contributed by atoms with Crippen LogP contribution >= 0.6 is 34.8 Å². The predicted molar refractivity (Wildman–Crippen MR) is 84.9 cm³/mol. The lowest BCUT2D eigenvalue weighted by Gasteiger charge is -2.30. The molecule has 19 heavy (non-hydrogen) atoms. The third-order valence-corrected chi connectivity index (χ3v) is 4.61. The molecule has 1 nitrogen and oxygen atoms in total. The third-order valence-electron chi connectivity index (χ3n) is 3.34. The second kappa shape index (κ2) is 9.07. The molecule has 0 radical (unpaired) electrons. The highest BCUT2D eigenvalue weighted by Gasteiger charge is 2.30. The van der Waals surface area contributed by atoms with Gasteiger partial charge in [-0.25, -0.2) is 0 Å². The Kier molecular flexibility index (Phi) is 8.17. The number of alkyl halides is 2. The van der Waals surface area contributed by atoms with Crippen molar-refractivity contribution in [3.63, 3.8) is 0 Å². The van der Waals surface area contributed by atoms with E-state index in [1.54, 1.807) is 0 Å². The standard InChI is InChI=1S/C15H21Cl3O/c1-2-3-9-19-10-8-15(11-16,12-17)13-4-6-14(18)7-5-13/h4-7H,2-3,8-12H2,1H3. The van der Waals surface area contributed by atoms with Crippen molar-refractivity contribution in [1.29, 1.82) is 0 Å². The molecule has 0 amide bonds. The minimum atomic E-state index is -0.236. The summed E-state index contributed by atoms with van der Waals surface area (Å²) in [5.41, 5.74) is 0.890. The van der Waals surface area contributed by atoms with Crippen LogP contribution in [-0.4, -0.2) is 25.0 Å². The lowest BCUT2D eigenvalue weighted by molar-refractivity contribution is 0.116. The molecule has 0 saturated carbocycles. The number of benzene rings is 1. The van der Waals surface area contributed by atoms with E-state index in [4.69, 9.17) is 39.5 Å². The minimum absolute atomic E-state index is 0.236. The number of ether oxygens (including phenoxy) is 1. The van der Waals surface area contributed by atoms with Crippen LogP contribution in [0.5, 0.6) is 0 Å². The molecule has 1 aromatic rings. The first-order chi connectivity index (χ1) is 9.18. The van der Waals surface area contributed by atoms with Crippen molar-refractivity contribution in [3.05, 3.63) is 34.9 Å². The van der Waals surface area contributed by atoms with Gasteiger partial charge in [-0.3, -0.25) is 0 Å². The highest BCUT2D eigenvalue weighted by molar-refractivity contribution is 6.30. The van der Waals surface area contributed by atoms with Gasteiger partial charge in [-0.15, -0.1) is 23.2 Å². The van der Waals surface area contributed by atoms with Gasteiger partial charge in [-0.1, -0.05) is 37.1 Å². The van der Waals surface area contributed by atoms with Crippen LogP contribution in [-0.2, 0) is 10.2 Å². The third kappa shape index (κ3) is 5.15. The molecule has 0 spiro atoms. The first-order valence-corrected chi connectivity index (χ1v) is 8.09. The Morgan fingerprint density at radius 2 is 1.68 bits per heavy atom. The minimum Gasteiger partial charge on any atom is -0.381 e. The number of hydrogen-bond acceptors (Lipinski definition) is 1. The van der Waals surface area contributed by atoms with Gasteiger partial charge in [0, 0.05) is 35.4 Å². The Balaban J connectivity index is 2.65. The molecule has 0 aromatic heterocycles. The number of unbranched alkanes of at least 4 members (excludes halogenated alkanes) is 1. The first-order valence-electron chi connectivity index (χ1n) is 6.64. The topological polar surface area (TPSA) is 9.23 Å². The van der Waals surface area contributed by atoms with Crippen LogP contribution in [0.4, 0.5) is 0 Å². The van der Waals surface area contributed by atoms with Crippen LogP contribution in [0, 0.1) is 0 Å². The molecule has 0 N–H and O–H groups in total. The van der Waals surface area contributed by atoms with Crippen LogP contribution in [0.25, 0.3) is 0 Å². The van der Waals surface area contributed by atoms with Crippen LogP contribution in [0.15, 0.2) is 24.3 Å². The summed E-state index contributed by atoms with van der Waals surface area (Å²) in [5.74, 6) is 0.963. The molecule has 0 aliphatic rings. The fraction of sp³-hybridized carbons (Fsp3) is 0.600. The summed E-state index contributed by atoms with van der Waals surface area (Å²) < 4.78 is 5.64. The van der Waals surface area contributed by atoms with Gasteiger partial charge in [0.05, 0.1) is 0 Å². The molecule has 0 atom stereocenters. The molecule has 4 heteroatoms. The molecule has 0 aliphatic carbocycles. The molecule has 0 heterocycles. The molecule has 1 aromatic carbocycles. The smallest absolute Gasteiger partial charge is 0.0475 e. The van der Waals surface area contributed by atoms with Gasteiger partial charge in [0.15, 0.2) is 0 Å². The molecule has 108 valence electrons. The van der Waals surface area contributed by atoms with Gasteiger partial charge in [-0.05, 0) is 30.5 Å². The van der Waals surface area contributed by atoms with Crippen molar-refractivity contribution < 1.29 is 4.74 Å². The van der Waals surface area contributed by atoms with E-state index >= 15 is 0 Å². The van der Waals surface area contributed by atoms with Crippen molar-refractivity contribution in [1.82, 2.24) is 0 Å². The van der Waals surface area contributed by atoms with Crippen LogP contribution < -0.4 is 0 Å². The summed E-state index contributed by atoms with van der Waals surface area (Å²) in [7, 11) is 0. The zero-order valence-electron chi connectivity index (χ0n) is 11.3. The zero-order valence-corrected chi connectivity index (χ0v) is 13.6. The molecule has 1 rings (SSSR count). The van der Waals surface area contributed by atoms with Crippen molar-refractivity contribution in [2.75, 3.05) is 25.0 Å². The summed E-state index contributed by atoms with van der Waals surface area (Å²) in [4.78, 5) is 0. The quantitative estimate of drug-likeness (QED) is 0.445. The van der Waals surface area contributed by atoms with E-state index in [0.717, 1.165) is 36.5 Å². The summed E-state index contributed by atoms with van der Waals surface area (Å²) in [6.07, 6.45) is 3.06. The average molecular weight is 324 g/mol. The first kappa shape index (κ1) is 17.1. The van der Waals surface area contributed by atoms with Gasteiger partial charge in [0.25, 0.3) is 0 Å². The summed E-state index contributed by atoms with van der Waals surface area (Å²) >= 11 is 18.3. The van der Waals surface area contributed by atoms with Crippen LogP contribution in [0.1, 0.15) is 31.7 Å². The number of hydrogen-bond donors (Lipinski definition) is 0. The number of rotatable bonds is 9. The highest BCUT2D eigenvalue weighted by Crippen LogP contribution is 2.32. The maximum absolute atomic E-state index is 6.17. The van der Waals surface area contributed by atoms with E-state index in [1.165, 1.54) is 0 Å². The predicted octanol–water partition coefficient (Wildman–Crippen LogP) is 5.26. The monoisotopic (exact) mass is 322 g/mol. The van der Waals surface area contributed by atoms with Crippen molar-refractivity contribution in [2.45, 2.75) is 31.6 Å². The van der Waals surface area contributed by atoms with E-state index in [9.17, 15) is 0 Å². The largest absolute Gasteiger partial charge is 0.381 e. The van der Waals surface area contributed by atoms with Gasteiger partial charge < -0.3 is 4.74 Å². The van der Waals surface area contributed by atoms with Gasteiger partial charge in [-0.2, -0.15) is 0 Å². The summed E-state index contributed by atoms with van der Waals surface area (Å²) in [6.45, 7) is 3.64. The Morgan fingerprint density at radius 1 is 1.05 bits per heavy atom. The van der Waals surface area contributed by atoms with E-state index in [2.05, 4.69) is 6.92 Å². The van der Waals surface area contributed by atoms with Crippen LogP contribution in [0.3, 0.4) is 0 Å². The van der Waals surface area contributed by atoms with E-state index in [-0.39, 0.29) is 5.41 Å². The van der Waals surface area contributed by atoms with E-state index in [1.807, 2.05) is 24.3 Å². The fourth-order valence-electron chi connectivity index (χ4n) is 1.89.